The predicted molar refractivity (Wildman–Crippen MR) is 88.3 cm³/mol. The molecule has 0 radical (unpaired) electrons. The second-order valence-electron chi connectivity index (χ2n) is 5.34. The SMILES string of the molecule is CN1C(=O)CCc2cc(C(N)c3ccccc3Br)ccc21. The molecule has 1 atom stereocenters. The Morgan fingerprint density at radius 1 is 1.19 bits per heavy atom. The Bertz CT molecular complexity index is 699. The van der Waals surface area contributed by atoms with E-state index in [4.69, 9.17) is 5.73 Å². The lowest BCUT2D eigenvalue weighted by Gasteiger charge is -2.27. The molecule has 4 heteroatoms. The highest BCUT2D eigenvalue weighted by atomic mass is 79.9. The van der Waals surface area contributed by atoms with Crippen LogP contribution in [0, 0.1) is 0 Å². The average Bonchev–Trinajstić information content (AvgIpc) is 2.50. The van der Waals surface area contributed by atoms with Gasteiger partial charge < -0.3 is 10.6 Å². The molecule has 0 saturated carbocycles. The Balaban J connectivity index is 1.98. The maximum absolute atomic E-state index is 11.7. The third-order valence-corrected chi connectivity index (χ3v) is 4.77. The van der Waals surface area contributed by atoms with Gasteiger partial charge in [-0.15, -0.1) is 0 Å². The summed E-state index contributed by atoms with van der Waals surface area (Å²) in [7, 11) is 1.83. The van der Waals surface area contributed by atoms with Crippen molar-refractivity contribution < 1.29 is 4.79 Å². The van der Waals surface area contributed by atoms with Gasteiger partial charge in [0.05, 0.1) is 6.04 Å². The largest absolute Gasteiger partial charge is 0.320 e. The molecule has 0 aliphatic carbocycles. The number of benzene rings is 2. The minimum atomic E-state index is -0.172. The van der Waals surface area contributed by atoms with E-state index in [1.54, 1.807) is 4.90 Å². The zero-order valence-electron chi connectivity index (χ0n) is 11.8. The van der Waals surface area contributed by atoms with Crippen LogP contribution in [0.25, 0.3) is 0 Å². The average molecular weight is 345 g/mol. The number of amides is 1. The quantitative estimate of drug-likeness (QED) is 0.907. The fraction of sp³-hybridized carbons (Fsp3) is 0.235. The molecule has 0 bridgehead atoms. The number of hydrogen-bond donors (Lipinski definition) is 1. The van der Waals surface area contributed by atoms with Crippen molar-refractivity contribution in [2.24, 2.45) is 5.73 Å². The van der Waals surface area contributed by atoms with Crippen molar-refractivity contribution in [1.82, 2.24) is 0 Å². The number of aryl methyl sites for hydroxylation is 1. The van der Waals surface area contributed by atoms with Gasteiger partial charge in [0.25, 0.3) is 0 Å². The molecule has 1 aliphatic rings. The van der Waals surface area contributed by atoms with Crippen molar-refractivity contribution in [2.75, 3.05) is 11.9 Å². The summed E-state index contributed by atoms with van der Waals surface area (Å²) in [6, 6.07) is 14.0. The summed E-state index contributed by atoms with van der Waals surface area (Å²) < 4.78 is 1.02. The van der Waals surface area contributed by atoms with Gasteiger partial charge in [-0.2, -0.15) is 0 Å². The zero-order valence-corrected chi connectivity index (χ0v) is 13.4. The van der Waals surface area contributed by atoms with E-state index in [1.165, 1.54) is 5.56 Å². The first kappa shape index (κ1) is 14.3. The standard InChI is InChI=1S/C17H17BrN2O/c1-20-15-8-6-12(10-11(15)7-9-16(20)21)17(19)13-4-2-3-5-14(13)18/h2-6,8,10,17H,7,9,19H2,1H3. The molecule has 108 valence electrons. The van der Waals surface area contributed by atoms with E-state index in [0.717, 1.165) is 27.7 Å². The lowest BCUT2D eigenvalue weighted by molar-refractivity contribution is -0.118. The minimum absolute atomic E-state index is 0.172. The molecule has 1 amide bonds. The normalized spacial score (nSPS) is 15.8. The first-order valence-corrected chi connectivity index (χ1v) is 7.76. The molecule has 0 fully saturated rings. The summed E-state index contributed by atoms with van der Waals surface area (Å²) in [6.07, 6.45) is 1.35. The third kappa shape index (κ3) is 2.61. The molecule has 2 aromatic carbocycles. The zero-order chi connectivity index (χ0) is 15.0. The van der Waals surface area contributed by atoms with Gasteiger partial charge in [0.2, 0.25) is 5.91 Å². The van der Waals surface area contributed by atoms with Gasteiger partial charge in [-0.25, -0.2) is 0 Å². The third-order valence-electron chi connectivity index (χ3n) is 4.05. The first-order chi connectivity index (χ1) is 10.1. The van der Waals surface area contributed by atoms with Gasteiger partial charge in [-0.3, -0.25) is 4.79 Å². The van der Waals surface area contributed by atoms with E-state index in [9.17, 15) is 4.79 Å². The number of halogens is 1. The number of nitrogens with two attached hydrogens (primary N) is 1. The van der Waals surface area contributed by atoms with Crippen LogP contribution in [0.15, 0.2) is 46.9 Å². The van der Waals surface area contributed by atoms with Crippen LogP contribution in [-0.2, 0) is 11.2 Å². The van der Waals surface area contributed by atoms with E-state index in [1.807, 2.05) is 43.4 Å². The molecule has 2 N–H and O–H groups in total. The van der Waals surface area contributed by atoms with Crippen molar-refractivity contribution in [2.45, 2.75) is 18.9 Å². The fourth-order valence-electron chi connectivity index (χ4n) is 2.78. The molecule has 0 spiro atoms. The van der Waals surface area contributed by atoms with Gasteiger partial charge in [-0.1, -0.05) is 46.3 Å². The van der Waals surface area contributed by atoms with Crippen LogP contribution >= 0.6 is 15.9 Å². The van der Waals surface area contributed by atoms with Crippen molar-refractivity contribution >= 4 is 27.5 Å². The van der Waals surface area contributed by atoms with Crippen molar-refractivity contribution in [1.29, 1.82) is 0 Å². The Labute approximate surface area is 132 Å². The van der Waals surface area contributed by atoms with Gasteiger partial charge in [-0.05, 0) is 35.2 Å². The van der Waals surface area contributed by atoms with E-state index in [2.05, 4.69) is 22.0 Å². The molecule has 0 saturated heterocycles. The number of hydrogen-bond acceptors (Lipinski definition) is 2. The van der Waals surface area contributed by atoms with Crippen LogP contribution in [0.3, 0.4) is 0 Å². The minimum Gasteiger partial charge on any atom is -0.320 e. The maximum Gasteiger partial charge on any atom is 0.227 e. The van der Waals surface area contributed by atoms with Crippen LogP contribution in [0.5, 0.6) is 0 Å². The first-order valence-electron chi connectivity index (χ1n) is 6.97. The van der Waals surface area contributed by atoms with E-state index < -0.39 is 0 Å². The lowest BCUT2D eigenvalue weighted by Crippen LogP contribution is -2.31. The Hall–Kier alpha value is -1.65. The number of anilines is 1. The Kier molecular flexibility index (Phi) is 3.83. The predicted octanol–water partition coefficient (Wildman–Crippen LogP) is 3.41. The molecule has 0 aromatic heterocycles. The van der Waals surface area contributed by atoms with Crippen molar-refractivity contribution in [3.05, 3.63) is 63.6 Å². The molecule has 21 heavy (non-hydrogen) atoms. The highest BCUT2D eigenvalue weighted by molar-refractivity contribution is 9.10. The fourth-order valence-corrected chi connectivity index (χ4v) is 3.31. The van der Waals surface area contributed by atoms with E-state index >= 15 is 0 Å². The number of nitrogens with zero attached hydrogens (tertiary/aromatic N) is 1. The summed E-state index contributed by atoms with van der Waals surface area (Å²) in [5.74, 6) is 0.172. The number of rotatable bonds is 2. The molecule has 1 heterocycles. The smallest absolute Gasteiger partial charge is 0.227 e. The summed E-state index contributed by atoms with van der Waals surface area (Å²) in [5.41, 5.74) is 10.7. The lowest BCUT2D eigenvalue weighted by atomic mass is 9.94. The highest BCUT2D eigenvalue weighted by Crippen LogP contribution is 2.32. The Morgan fingerprint density at radius 2 is 1.95 bits per heavy atom. The second kappa shape index (κ2) is 5.62. The highest BCUT2D eigenvalue weighted by Gasteiger charge is 2.22. The second-order valence-corrected chi connectivity index (χ2v) is 6.19. The van der Waals surface area contributed by atoms with Crippen LogP contribution in [0.1, 0.15) is 29.2 Å². The molecule has 1 unspecified atom stereocenters. The number of fused-ring (bicyclic) bond motifs is 1. The van der Waals surface area contributed by atoms with Crippen molar-refractivity contribution in [3.63, 3.8) is 0 Å². The van der Waals surface area contributed by atoms with Gasteiger partial charge in [0, 0.05) is 23.6 Å². The Morgan fingerprint density at radius 3 is 2.71 bits per heavy atom. The van der Waals surface area contributed by atoms with Gasteiger partial charge in [0.15, 0.2) is 0 Å². The van der Waals surface area contributed by atoms with Crippen LogP contribution in [-0.4, -0.2) is 13.0 Å². The maximum atomic E-state index is 11.7. The number of carbonyl (C=O) groups is 1. The molecular weight excluding hydrogens is 328 g/mol. The summed E-state index contributed by atoms with van der Waals surface area (Å²) in [5, 5.41) is 0. The van der Waals surface area contributed by atoms with Gasteiger partial charge >= 0.3 is 0 Å². The summed E-state index contributed by atoms with van der Waals surface area (Å²) >= 11 is 3.55. The van der Waals surface area contributed by atoms with Gasteiger partial charge in [0.1, 0.15) is 0 Å². The molecule has 3 nitrogen and oxygen atoms in total. The molecule has 1 aliphatic heterocycles. The topological polar surface area (TPSA) is 46.3 Å². The molecule has 2 aromatic rings. The van der Waals surface area contributed by atoms with Crippen LogP contribution in [0.4, 0.5) is 5.69 Å². The van der Waals surface area contributed by atoms with Crippen LogP contribution < -0.4 is 10.6 Å². The number of carbonyl (C=O) groups excluding carboxylic acids is 1. The van der Waals surface area contributed by atoms with Crippen LogP contribution in [0.2, 0.25) is 0 Å². The van der Waals surface area contributed by atoms with E-state index in [0.29, 0.717) is 6.42 Å². The molecular formula is C17H17BrN2O. The summed E-state index contributed by atoms with van der Waals surface area (Å²) in [6.45, 7) is 0. The van der Waals surface area contributed by atoms with E-state index in [-0.39, 0.29) is 11.9 Å². The monoisotopic (exact) mass is 344 g/mol. The molecule has 3 rings (SSSR count). The van der Waals surface area contributed by atoms with Crippen molar-refractivity contribution in [3.8, 4) is 0 Å². The summed E-state index contributed by atoms with van der Waals surface area (Å²) in [4.78, 5) is 13.5.